The molecule has 0 aromatic rings. The van der Waals surface area contributed by atoms with Crippen molar-refractivity contribution in [2.75, 3.05) is 26.2 Å². The summed E-state index contributed by atoms with van der Waals surface area (Å²) >= 11 is 0. The zero-order chi connectivity index (χ0) is 14.5. The lowest BCUT2D eigenvalue weighted by Gasteiger charge is -2.31. The molecule has 0 spiro atoms. The van der Waals surface area contributed by atoms with Crippen LogP contribution in [0.4, 0.5) is 0 Å². The molecule has 2 aliphatic heterocycles. The molecule has 20 heavy (non-hydrogen) atoms. The number of nitrogens with one attached hydrogen (secondary N) is 1. The molecule has 2 aliphatic rings. The molecule has 2 fully saturated rings. The SMILES string of the molecule is CCN1CCC(CNC(=O)[C@@H]2CC[C@H](C(=O)O)O2)CC1. The van der Waals surface area contributed by atoms with E-state index in [0.717, 1.165) is 32.5 Å². The highest BCUT2D eigenvalue weighted by molar-refractivity contribution is 5.82. The predicted octanol–water partition coefficient (Wildman–Crippen LogP) is 0.467. The molecule has 6 heteroatoms. The minimum atomic E-state index is -0.979. The van der Waals surface area contributed by atoms with Gasteiger partial charge in [0.1, 0.15) is 6.10 Å². The molecule has 0 aromatic heterocycles. The number of ether oxygens (including phenoxy) is 1. The summed E-state index contributed by atoms with van der Waals surface area (Å²) in [5.41, 5.74) is 0. The summed E-state index contributed by atoms with van der Waals surface area (Å²) < 4.78 is 5.24. The number of hydrogen-bond acceptors (Lipinski definition) is 4. The molecule has 114 valence electrons. The van der Waals surface area contributed by atoms with E-state index >= 15 is 0 Å². The maximum atomic E-state index is 11.9. The zero-order valence-corrected chi connectivity index (χ0v) is 12.0. The Morgan fingerprint density at radius 3 is 2.40 bits per heavy atom. The van der Waals surface area contributed by atoms with Crippen molar-refractivity contribution in [2.45, 2.75) is 44.8 Å². The summed E-state index contributed by atoms with van der Waals surface area (Å²) in [6.07, 6.45) is 1.72. The summed E-state index contributed by atoms with van der Waals surface area (Å²) in [4.78, 5) is 25.1. The summed E-state index contributed by atoms with van der Waals surface area (Å²) in [6.45, 7) is 6.12. The van der Waals surface area contributed by atoms with Gasteiger partial charge < -0.3 is 20.1 Å². The monoisotopic (exact) mass is 284 g/mol. The van der Waals surface area contributed by atoms with Crippen molar-refractivity contribution in [2.24, 2.45) is 5.92 Å². The molecule has 2 heterocycles. The molecule has 2 N–H and O–H groups in total. The van der Waals surface area contributed by atoms with Crippen LogP contribution < -0.4 is 5.32 Å². The molecular formula is C14H24N2O4. The summed E-state index contributed by atoms with van der Waals surface area (Å²) in [5.74, 6) is -0.614. The highest BCUT2D eigenvalue weighted by Crippen LogP contribution is 2.20. The molecule has 6 nitrogen and oxygen atoms in total. The van der Waals surface area contributed by atoms with Gasteiger partial charge in [-0.3, -0.25) is 4.79 Å². The summed E-state index contributed by atoms with van der Waals surface area (Å²) in [7, 11) is 0. The first kappa shape index (κ1) is 15.3. The van der Waals surface area contributed by atoms with Crippen molar-refractivity contribution in [1.29, 1.82) is 0 Å². The lowest BCUT2D eigenvalue weighted by atomic mass is 9.97. The van der Waals surface area contributed by atoms with E-state index in [9.17, 15) is 9.59 Å². The Bertz CT molecular complexity index is 353. The fourth-order valence-corrected chi connectivity index (χ4v) is 2.88. The van der Waals surface area contributed by atoms with Gasteiger partial charge in [-0.15, -0.1) is 0 Å². The van der Waals surface area contributed by atoms with Crippen molar-refractivity contribution in [3.63, 3.8) is 0 Å². The minimum Gasteiger partial charge on any atom is -0.479 e. The second kappa shape index (κ2) is 7.04. The average molecular weight is 284 g/mol. The van der Waals surface area contributed by atoms with Crippen molar-refractivity contribution < 1.29 is 19.4 Å². The Hall–Kier alpha value is -1.14. The quantitative estimate of drug-likeness (QED) is 0.767. The third kappa shape index (κ3) is 3.93. The normalized spacial score (nSPS) is 28.4. The molecule has 0 aromatic carbocycles. The second-order valence-electron chi connectivity index (χ2n) is 5.65. The van der Waals surface area contributed by atoms with Gasteiger partial charge in [-0.2, -0.15) is 0 Å². The fraction of sp³-hybridized carbons (Fsp3) is 0.857. The number of carboxylic acid groups (broad SMARTS) is 1. The van der Waals surface area contributed by atoms with Crippen LogP contribution >= 0.6 is 0 Å². The first-order valence-electron chi connectivity index (χ1n) is 7.48. The maximum Gasteiger partial charge on any atom is 0.332 e. The van der Waals surface area contributed by atoms with Crippen molar-refractivity contribution >= 4 is 11.9 Å². The van der Waals surface area contributed by atoms with E-state index in [1.807, 2.05) is 0 Å². The van der Waals surface area contributed by atoms with Gasteiger partial charge in [0.05, 0.1) is 0 Å². The number of rotatable bonds is 5. The van der Waals surface area contributed by atoms with Gasteiger partial charge in [0.15, 0.2) is 6.10 Å². The smallest absolute Gasteiger partial charge is 0.332 e. The predicted molar refractivity (Wildman–Crippen MR) is 73.4 cm³/mol. The van der Waals surface area contributed by atoms with E-state index in [1.165, 1.54) is 0 Å². The lowest BCUT2D eigenvalue weighted by molar-refractivity contribution is -0.151. The first-order valence-corrected chi connectivity index (χ1v) is 7.48. The second-order valence-corrected chi connectivity index (χ2v) is 5.65. The van der Waals surface area contributed by atoms with Crippen LogP contribution in [0.25, 0.3) is 0 Å². The van der Waals surface area contributed by atoms with Gasteiger partial charge in [-0.05, 0) is 51.2 Å². The van der Waals surface area contributed by atoms with E-state index in [0.29, 0.717) is 25.3 Å². The molecule has 1 amide bonds. The van der Waals surface area contributed by atoms with Crippen molar-refractivity contribution in [1.82, 2.24) is 10.2 Å². The first-order chi connectivity index (χ1) is 9.60. The number of nitrogens with zero attached hydrogens (tertiary/aromatic N) is 1. The van der Waals surface area contributed by atoms with E-state index in [2.05, 4.69) is 17.1 Å². The van der Waals surface area contributed by atoms with Gasteiger partial charge in [-0.25, -0.2) is 4.79 Å². The summed E-state index contributed by atoms with van der Waals surface area (Å²) in [5, 5.41) is 11.7. The van der Waals surface area contributed by atoms with Crippen LogP contribution in [0.2, 0.25) is 0 Å². The van der Waals surface area contributed by atoms with Gasteiger partial charge in [-0.1, -0.05) is 6.92 Å². The third-order valence-corrected chi connectivity index (χ3v) is 4.31. The molecule has 2 rings (SSSR count). The topological polar surface area (TPSA) is 78.9 Å². The number of carbonyl (C=O) groups excluding carboxylic acids is 1. The van der Waals surface area contributed by atoms with Crippen molar-refractivity contribution in [3.05, 3.63) is 0 Å². The molecule has 2 atom stereocenters. The third-order valence-electron chi connectivity index (χ3n) is 4.31. The van der Waals surface area contributed by atoms with Crippen LogP contribution in [-0.2, 0) is 14.3 Å². The zero-order valence-electron chi connectivity index (χ0n) is 12.0. The van der Waals surface area contributed by atoms with Crippen LogP contribution in [0, 0.1) is 5.92 Å². The highest BCUT2D eigenvalue weighted by Gasteiger charge is 2.34. The molecule has 0 saturated carbocycles. The Morgan fingerprint density at radius 2 is 1.85 bits per heavy atom. The van der Waals surface area contributed by atoms with E-state index in [-0.39, 0.29) is 5.91 Å². The Kier molecular flexibility index (Phi) is 5.37. The number of likely N-dealkylation sites (tertiary alicyclic amines) is 1. The number of hydrogen-bond donors (Lipinski definition) is 2. The molecule has 0 unspecified atom stereocenters. The molecule has 2 saturated heterocycles. The van der Waals surface area contributed by atoms with Crippen LogP contribution in [0.3, 0.4) is 0 Å². The van der Waals surface area contributed by atoms with Gasteiger partial charge >= 0.3 is 5.97 Å². The molecular weight excluding hydrogens is 260 g/mol. The number of aliphatic carboxylic acids is 1. The Balaban J connectivity index is 1.67. The number of amides is 1. The molecule has 0 radical (unpaired) electrons. The van der Waals surface area contributed by atoms with E-state index < -0.39 is 18.2 Å². The highest BCUT2D eigenvalue weighted by atomic mass is 16.5. The van der Waals surface area contributed by atoms with E-state index in [4.69, 9.17) is 9.84 Å². The Labute approximate surface area is 119 Å². The standard InChI is InChI=1S/C14H24N2O4/c1-2-16-7-5-10(6-8-16)9-15-13(17)11-3-4-12(20-11)14(18)19/h10-12H,2-9H2,1H3,(H,15,17)(H,18,19)/t11-,12+/m0/s1. The fourth-order valence-electron chi connectivity index (χ4n) is 2.88. The molecule has 0 bridgehead atoms. The maximum absolute atomic E-state index is 11.9. The van der Waals surface area contributed by atoms with Crippen LogP contribution in [0.1, 0.15) is 32.6 Å². The van der Waals surface area contributed by atoms with E-state index in [1.54, 1.807) is 0 Å². The molecule has 0 aliphatic carbocycles. The van der Waals surface area contributed by atoms with Crippen LogP contribution in [0.15, 0.2) is 0 Å². The van der Waals surface area contributed by atoms with Crippen LogP contribution in [-0.4, -0.2) is 60.3 Å². The number of carbonyl (C=O) groups is 2. The minimum absolute atomic E-state index is 0.160. The Morgan fingerprint density at radius 1 is 1.20 bits per heavy atom. The van der Waals surface area contributed by atoms with Gasteiger partial charge in [0.2, 0.25) is 5.91 Å². The largest absolute Gasteiger partial charge is 0.479 e. The van der Waals surface area contributed by atoms with Crippen LogP contribution in [0.5, 0.6) is 0 Å². The van der Waals surface area contributed by atoms with Crippen molar-refractivity contribution in [3.8, 4) is 0 Å². The van der Waals surface area contributed by atoms with Gasteiger partial charge in [0, 0.05) is 6.54 Å². The number of piperidine rings is 1. The number of carboxylic acids is 1. The average Bonchev–Trinajstić information content (AvgIpc) is 2.95. The lowest BCUT2D eigenvalue weighted by Crippen LogP contribution is -2.41. The summed E-state index contributed by atoms with van der Waals surface area (Å²) in [6, 6.07) is 0. The van der Waals surface area contributed by atoms with Gasteiger partial charge in [0.25, 0.3) is 0 Å².